The molecule has 9 heteroatoms. The average molecular weight is 400 g/mol. The summed E-state index contributed by atoms with van der Waals surface area (Å²) in [6.45, 7) is 7.50. The molecule has 0 unspecified atom stereocenters. The number of rotatable bonds is 8. The van der Waals surface area contributed by atoms with E-state index in [2.05, 4.69) is 10.3 Å². The van der Waals surface area contributed by atoms with E-state index in [1.165, 1.54) is 29.4 Å². The highest BCUT2D eigenvalue weighted by Crippen LogP contribution is 2.14. The maximum atomic E-state index is 12.6. The van der Waals surface area contributed by atoms with Gasteiger partial charge in [0.1, 0.15) is 6.26 Å². The highest BCUT2D eigenvalue weighted by atomic mass is 16.6. The maximum Gasteiger partial charge on any atom is 0.273 e. The number of nitro groups is 1. The van der Waals surface area contributed by atoms with E-state index in [9.17, 15) is 19.7 Å². The zero-order valence-corrected chi connectivity index (χ0v) is 16.8. The predicted molar refractivity (Wildman–Crippen MR) is 107 cm³/mol. The molecule has 0 spiro atoms. The van der Waals surface area contributed by atoms with E-state index in [1.54, 1.807) is 18.2 Å². The highest BCUT2D eigenvalue weighted by molar-refractivity contribution is 5.92. The van der Waals surface area contributed by atoms with Crippen molar-refractivity contribution in [1.82, 2.24) is 15.2 Å². The highest BCUT2D eigenvalue weighted by Gasteiger charge is 2.20. The number of oxazole rings is 1. The number of non-ortho nitro benzene ring substituents is 1. The fraction of sp³-hybridized carbons (Fsp3) is 0.350. The van der Waals surface area contributed by atoms with Gasteiger partial charge in [-0.25, -0.2) is 4.98 Å². The van der Waals surface area contributed by atoms with Gasteiger partial charge in [0.15, 0.2) is 5.69 Å². The van der Waals surface area contributed by atoms with E-state index in [0.29, 0.717) is 5.56 Å². The van der Waals surface area contributed by atoms with Crippen LogP contribution in [0.4, 0.5) is 5.69 Å². The average Bonchev–Trinajstić information content (AvgIpc) is 3.12. The second kappa shape index (κ2) is 9.63. The molecule has 0 atom stereocenters. The summed E-state index contributed by atoms with van der Waals surface area (Å²) in [7, 11) is 0. The minimum Gasteiger partial charge on any atom is -0.446 e. The molecule has 9 nitrogen and oxygen atoms in total. The largest absolute Gasteiger partial charge is 0.446 e. The van der Waals surface area contributed by atoms with E-state index >= 15 is 0 Å². The van der Waals surface area contributed by atoms with Crippen LogP contribution in [-0.4, -0.2) is 38.7 Å². The monoisotopic (exact) mass is 400 g/mol. The van der Waals surface area contributed by atoms with E-state index < -0.39 is 4.92 Å². The fourth-order valence-electron chi connectivity index (χ4n) is 2.46. The SMILES string of the molecule is CC(C)NC(=O)c1coc(CN(C(=O)C=Cc2ccc([N+](=O)[O-])cc2)C(C)C)n1. The normalized spacial score (nSPS) is 11.2. The molecule has 1 aromatic heterocycles. The van der Waals surface area contributed by atoms with Crippen LogP contribution in [0, 0.1) is 10.1 Å². The number of carbonyl (C=O) groups is 2. The summed E-state index contributed by atoms with van der Waals surface area (Å²) in [6.07, 6.45) is 4.23. The third-order valence-electron chi connectivity index (χ3n) is 3.94. The molecule has 0 fully saturated rings. The van der Waals surface area contributed by atoms with Crippen molar-refractivity contribution in [2.75, 3.05) is 0 Å². The number of nitrogens with one attached hydrogen (secondary N) is 1. The fourth-order valence-corrected chi connectivity index (χ4v) is 2.46. The van der Waals surface area contributed by atoms with Crippen LogP contribution < -0.4 is 5.32 Å². The summed E-state index contributed by atoms with van der Waals surface area (Å²) < 4.78 is 5.34. The third-order valence-corrected chi connectivity index (χ3v) is 3.94. The van der Waals surface area contributed by atoms with Crippen LogP contribution in [0.3, 0.4) is 0 Å². The molecule has 1 heterocycles. The quantitative estimate of drug-likeness (QED) is 0.413. The number of aromatic nitrogens is 1. The first-order valence-corrected chi connectivity index (χ1v) is 9.15. The molecule has 2 aromatic rings. The van der Waals surface area contributed by atoms with Crippen molar-refractivity contribution >= 4 is 23.6 Å². The molecule has 29 heavy (non-hydrogen) atoms. The summed E-state index contributed by atoms with van der Waals surface area (Å²) in [5.41, 5.74) is 0.807. The van der Waals surface area contributed by atoms with Gasteiger partial charge in [0, 0.05) is 30.3 Å². The molecule has 0 radical (unpaired) electrons. The Labute approximate surface area is 168 Å². The van der Waals surface area contributed by atoms with Crippen molar-refractivity contribution in [3.63, 3.8) is 0 Å². The Morgan fingerprint density at radius 2 is 1.90 bits per heavy atom. The summed E-state index contributed by atoms with van der Waals surface area (Å²) in [5.74, 6) is -0.357. The molecule has 1 N–H and O–H groups in total. The van der Waals surface area contributed by atoms with Crippen LogP contribution in [0.2, 0.25) is 0 Å². The van der Waals surface area contributed by atoms with Gasteiger partial charge in [-0.2, -0.15) is 0 Å². The van der Waals surface area contributed by atoms with Gasteiger partial charge in [0.05, 0.1) is 11.5 Å². The van der Waals surface area contributed by atoms with E-state index in [1.807, 2.05) is 27.7 Å². The Hall–Kier alpha value is -3.49. The number of benzene rings is 1. The van der Waals surface area contributed by atoms with Gasteiger partial charge < -0.3 is 14.6 Å². The molecule has 0 bridgehead atoms. The number of nitrogens with zero attached hydrogens (tertiary/aromatic N) is 3. The lowest BCUT2D eigenvalue weighted by molar-refractivity contribution is -0.384. The van der Waals surface area contributed by atoms with Crippen LogP contribution in [0.15, 0.2) is 41.0 Å². The molecule has 154 valence electrons. The van der Waals surface area contributed by atoms with Gasteiger partial charge in [0.2, 0.25) is 11.8 Å². The standard InChI is InChI=1S/C20H24N4O5/c1-13(2)21-20(26)17-12-29-18(22-17)11-23(14(3)4)19(25)10-7-15-5-8-16(9-6-15)24(27)28/h5-10,12-14H,11H2,1-4H3,(H,21,26). The number of nitro benzene ring substituents is 1. The van der Waals surface area contributed by atoms with Crippen molar-refractivity contribution in [2.45, 2.75) is 46.3 Å². The summed E-state index contributed by atoms with van der Waals surface area (Å²) >= 11 is 0. The first-order valence-electron chi connectivity index (χ1n) is 9.15. The van der Waals surface area contributed by atoms with E-state index in [4.69, 9.17) is 4.42 Å². The van der Waals surface area contributed by atoms with E-state index in [0.717, 1.165) is 0 Å². The van der Waals surface area contributed by atoms with Crippen molar-refractivity contribution in [3.05, 3.63) is 63.9 Å². The lowest BCUT2D eigenvalue weighted by atomic mass is 10.2. The number of hydrogen-bond donors (Lipinski definition) is 1. The van der Waals surface area contributed by atoms with Crippen LogP contribution in [-0.2, 0) is 11.3 Å². The van der Waals surface area contributed by atoms with Crippen LogP contribution in [0.5, 0.6) is 0 Å². The van der Waals surface area contributed by atoms with Crippen molar-refractivity contribution in [2.24, 2.45) is 0 Å². The minimum absolute atomic E-state index is 0.0153. The Morgan fingerprint density at radius 3 is 2.45 bits per heavy atom. The van der Waals surface area contributed by atoms with Crippen LogP contribution in [0.25, 0.3) is 6.08 Å². The Balaban J connectivity index is 2.07. The Kier molecular flexibility index (Phi) is 7.24. The Morgan fingerprint density at radius 1 is 1.24 bits per heavy atom. The van der Waals surface area contributed by atoms with Crippen LogP contribution >= 0.6 is 0 Å². The molecule has 2 amide bonds. The molecular formula is C20H24N4O5. The molecule has 0 saturated carbocycles. The zero-order valence-electron chi connectivity index (χ0n) is 16.8. The van der Waals surface area contributed by atoms with Crippen molar-refractivity contribution in [3.8, 4) is 0 Å². The van der Waals surface area contributed by atoms with E-state index in [-0.39, 0.29) is 47.7 Å². The van der Waals surface area contributed by atoms with Gasteiger partial charge in [-0.1, -0.05) is 0 Å². The lowest BCUT2D eigenvalue weighted by Crippen LogP contribution is -2.35. The first-order chi connectivity index (χ1) is 13.7. The lowest BCUT2D eigenvalue weighted by Gasteiger charge is -2.23. The second-order valence-electron chi connectivity index (χ2n) is 7.00. The number of carbonyl (C=O) groups excluding carboxylic acids is 2. The molecule has 0 aliphatic carbocycles. The summed E-state index contributed by atoms with van der Waals surface area (Å²) in [5, 5.41) is 13.4. The van der Waals surface area contributed by atoms with Gasteiger partial charge in [-0.3, -0.25) is 19.7 Å². The third kappa shape index (κ3) is 6.27. The van der Waals surface area contributed by atoms with Crippen molar-refractivity contribution in [1.29, 1.82) is 0 Å². The molecule has 2 rings (SSSR count). The Bertz CT molecular complexity index is 900. The molecule has 1 aromatic carbocycles. The predicted octanol–water partition coefficient (Wildman–Crippen LogP) is 3.17. The molecule has 0 aliphatic rings. The van der Waals surface area contributed by atoms with Crippen molar-refractivity contribution < 1.29 is 18.9 Å². The minimum atomic E-state index is -0.481. The van der Waals surface area contributed by atoms with Gasteiger partial charge >= 0.3 is 0 Å². The maximum absolute atomic E-state index is 12.6. The molecule has 0 saturated heterocycles. The summed E-state index contributed by atoms with van der Waals surface area (Å²) in [6, 6.07) is 5.72. The molecular weight excluding hydrogens is 376 g/mol. The van der Waals surface area contributed by atoms with Gasteiger partial charge in [-0.05, 0) is 51.5 Å². The zero-order chi connectivity index (χ0) is 21.6. The summed E-state index contributed by atoms with van der Waals surface area (Å²) in [4.78, 5) is 40.5. The topological polar surface area (TPSA) is 119 Å². The number of hydrogen-bond acceptors (Lipinski definition) is 6. The van der Waals surface area contributed by atoms with Gasteiger partial charge in [0.25, 0.3) is 11.6 Å². The second-order valence-corrected chi connectivity index (χ2v) is 7.00. The number of amides is 2. The van der Waals surface area contributed by atoms with Gasteiger partial charge in [-0.15, -0.1) is 0 Å². The molecule has 0 aliphatic heterocycles. The van der Waals surface area contributed by atoms with Crippen LogP contribution in [0.1, 0.15) is 49.6 Å². The first kappa shape index (κ1) is 21.8. The smallest absolute Gasteiger partial charge is 0.273 e.